The predicted molar refractivity (Wildman–Crippen MR) is 88.0 cm³/mol. The molecule has 0 saturated carbocycles. The molecule has 0 spiro atoms. The van der Waals surface area contributed by atoms with Crippen molar-refractivity contribution >= 4 is 11.9 Å². The van der Waals surface area contributed by atoms with Crippen LogP contribution >= 0.6 is 0 Å². The van der Waals surface area contributed by atoms with Crippen molar-refractivity contribution in [1.29, 1.82) is 0 Å². The van der Waals surface area contributed by atoms with E-state index in [0.717, 1.165) is 37.9 Å². The van der Waals surface area contributed by atoms with Gasteiger partial charge in [0.2, 0.25) is 5.91 Å². The third-order valence-corrected chi connectivity index (χ3v) is 4.07. The zero-order valence-corrected chi connectivity index (χ0v) is 14.3. The lowest BCUT2D eigenvalue weighted by Gasteiger charge is -2.33. The molecule has 0 aromatic carbocycles. The molecule has 0 bridgehead atoms. The van der Waals surface area contributed by atoms with Gasteiger partial charge in [-0.2, -0.15) is 5.10 Å². The quantitative estimate of drug-likeness (QED) is 0.825. The summed E-state index contributed by atoms with van der Waals surface area (Å²) in [7, 11) is 3.48. The topological polar surface area (TPSA) is 70.5 Å². The van der Waals surface area contributed by atoms with Crippen LogP contribution in [0.25, 0.3) is 0 Å². The highest BCUT2D eigenvalue weighted by Gasteiger charge is 2.28. The van der Waals surface area contributed by atoms with Crippen LogP contribution in [0.4, 0.5) is 4.79 Å². The number of piperidine rings is 1. The number of hydrogen-bond donors (Lipinski definition) is 1. The van der Waals surface area contributed by atoms with Gasteiger partial charge in [-0.25, -0.2) is 4.79 Å². The summed E-state index contributed by atoms with van der Waals surface area (Å²) >= 11 is 0. The van der Waals surface area contributed by atoms with E-state index in [2.05, 4.69) is 10.4 Å². The maximum atomic E-state index is 12.3. The lowest BCUT2D eigenvalue weighted by molar-refractivity contribution is -0.126. The SMILES string of the molecule is Cc1cnn(CCCNC(=O)[C@H]2CCCN(C(=O)N(C)C)C2)c1. The van der Waals surface area contributed by atoms with Crippen molar-refractivity contribution in [2.75, 3.05) is 33.7 Å². The number of aromatic nitrogens is 2. The third-order valence-electron chi connectivity index (χ3n) is 4.07. The lowest BCUT2D eigenvalue weighted by atomic mass is 9.97. The maximum Gasteiger partial charge on any atom is 0.319 e. The van der Waals surface area contributed by atoms with E-state index in [9.17, 15) is 9.59 Å². The summed E-state index contributed by atoms with van der Waals surface area (Å²) in [5.41, 5.74) is 1.14. The number of amides is 3. The molecule has 3 amide bonds. The molecule has 1 N–H and O–H groups in total. The molecular weight excluding hydrogens is 294 g/mol. The molecule has 1 aliphatic rings. The van der Waals surface area contributed by atoms with Gasteiger partial charge in [0.05, 0.1) is 12.1 Å². The molecule has 23 heavy (non-hydrogen) atoms. The number of urea groups is 1. The Kier molecular flexibility index (Phi) is 6.01. The van der Waals surface area contributed by atoms with Crippen LogP contribution in [0.2, 0.25) is 0 Å². The molecule has 7 nitrogen and oxygen atoms in total. The molecule has 2 rings (SSSR count). The van der Waals surface area contributed by atoms with Gasteiger partial charge in [-0.05, 0) is 31.7 Å². The van der Waals surface area contributed by atoms with Gasteiger partial charge in [0.15, 0.2) is 0 Å². The molecule has 1 aromatic rings. The van der Waals surface area contributed by atoms with Crippen molar-refractivity contribution in [2.24, 2.45) is 5.92 Å². The van der Waals surface area contributed by atoms with Crippen LogP contribution in [-0.2, 0) is 11.3 Å². The monoisotopic (exact) mass is 321 g/mol. The van der Waals surface area contributed by atoms with Gasteiger partial charge < -0.3 is 15.1 Å². The van der Waals surface area contributed by atoms with E-state index in [1.807, 2.05) is 24.0 Å². The largest absolute Gasteiger partial charge is 0.356 e. The normalized spacial score (nSPS) is 17.9. The number of carbonyl (C=O) groups is 2. The summed E-state index contributed by atoms with van der Waals surface area (Å²) < 4.78 is 1.89. The molecule has 1 atom stereocenters. The van der Waals surface area contributed by atoms with Crippen LogP contribution in [0.1, 0.15) is 24.8 Å². The minimum absolute atomic E-state index is 0.0171. The Morgan fingerprint density at radius 2 is 2.22 bits per heavy atom. The standard InChI is InChI=1S/C16H27N5O2/c1-13-10-18-21(11-13)9-5-7-17-15(22)14-6-4-8-20(12-14)16(23)19(2)3/h10-11,14H,4-9,12H2,1-3H3,(H,17,22)/t14-/m0/s1. The molecule has 0 aliphatic carbocycles. The second-order valence-electron chi connectivity index (χ2n) is 6.39. The maximum absolute atomic E-state index is 12.3. The number of likely N-dealkylation sites (tertiary alicyclic amines) is 1. The van der Waals surface area contributed by atoms with Crippen molar-refractivity contribution < 1.29 is 9.59 Å². The lowest BCUT2D eigenvalue weighted by Crippen LogP contribution is -2.48. The summed E-state index contributed by atoms with van der Waals surface area (Å²) in [6, 6.07) is -0.0171. The second-order valence-corrected chi connectivity index (χ2v) is 6.39. The van der Waals surface area contributed by atoms with Crippen molar-refractivity contribution in [2.45, 2.75) is 32.7 Å². The number of rotatable bonds is 5. The molecule has 0 radical (unpaired) electrons. The van der Waals surface area contributed by atoms with Crippen molar-refractivity contribution in [1.82, 2.24) is 24.9 Å². The van der Waals surface area contributed by atoms with Crippen molar-refractivity contribution in [3.63, 3.8) is 0 Å². The average molecular weight is 321 g/mol. The number of carbonyl (C=O) groups excluding carboxylic acids is 2. The zero-order valence-electron chi connectivity index (χ0n) is 14.3. The minimum Gasteiger partial charge on any atom is -0.356 e. The predicted octanol–water partition coefficient (Wildman–Crippen LogP) is 1.09. The van der Waals surface area contributed by atoms with Crippen molar-refractivity contribution in [3.8, 4) is 0 Å². The highest BCUT2D eigenvalue weighted by Crippen LogP contribution is 2.17. The van der Waals surface area contributed by atoms with E-state index in [-0.39, 0.29) is 17.9 Å². The molecule has 2 heterocycles. The van der Waals surface area contributed by atoms with Gasteiger partial charge in [0.1, 0.15) is 0 Å². The van der Waals surface area contributed by atoms with E-state index in [1.54, 1.807) is 23.9 Å². The van der Waals surface area contributed by atoms with Crippen LogP contribution in [0.5, 0.6) is 0 Å². The molecule has 128 valence electrons. The van der Waals surface area contributed by atoms with E-state index in [1.165, 1.54) is 0 Å². The Morgan fingerprint density at radius 3 is 2.87 bits per heavy atom. The van der Waals surface area contributed by atoms with Crippen LogP contribution in [0, 0.1) is 12.8 Å². The summed E-state index contributed by atoms with van der Waals surface area (Å²) in [5.74, 6) is -0.0440. The van der Waals surface area contributed by atoms with E-state index in [0.29, 0.717) is 13.1 Å². The van der Waals surface area contributed by atoms with Crippen LogP contribution in [0.3, 0.4) is 0 Å². The zero-order chi connectivity index (χ0) is 16.8. The van der Waals surface area contributed by atoms with Crippen LogP contribution in [-0.4, -0.2) is 65.2 Å². The highest BCUT2D eigenvalue weighted by atomic mass is 16.2. The second kappa shape index (κ2) is 7.99. The number of nitrogens with zero attached hydrogens (tertiary/aromatic N) is 4. The first-order valence-corrected chi connectivity index (χ1v) is 8.20. The summed E-state index contributed by atoms with van der Waals surface area (Å²) in [5, 5.41) is 7.21. The highest BCUT2D eigenvalue weighted by molar-refractivity contribution is 5.80. The molecule has 0 unspecified atom stereocenters. The van der Waals surface area contributed by atoms with Gasteiger partial charge in [-0.15, -0.1) is 0 Å². The fourth-order valence-electron chi connectivity index (χ4n) is 2.83. The van der Waals surface area contributed by atoms with E-state index < -0.39 is 0 Å². The van der Waals surface area contributed by atoms with Crippen molar-refractivity contribution in [3.05, 3.63) is 18.0 Å². The Morgan fingerprint density at radius 1 is 1.43 bits per heavy atom. The summed E-state index contributed by atoms with van der Waals surface area (Å²) in [4.78, 5) is 27.6. The molecule has 1 saturated heterocycles. The smallest absolute Gasteiger partial charge is 0.319 e. The fraction of sp³-hybridized carbons (Fsp3) is 0.688. The van der Waals surface area contributed by atoms with E-state index in [4.69, 9.17) is 0 Å². The van der Waals surface area contributed by atoms with Crippen LogP contribution in [0.15, 0.2) is 12.4 Å². The molecule has 1 fully saturated rings. The third kappa shape index (κ3) is 4.97. The van der Waals surface area contributed by atoms with Gasteiger partial charge in [-0.3, -0.25) is 9.48 Å². The molecular formula is C16H27N5O2. The van der Waals surface area contributed by atoms with Gasteiger partial charge in [0.25, 0.3) is 0 Å². The first kappa shape index (κ1) is 17.3. The first-order chi connectivity index (χ1) is 11.0. The van der Waals surface area contributed by atoms with Crippen LogP contribution < -0.4 is 5.32 Å². The average Bonchev–Trinajstić information content (AvgIpc) is 2.96. The van der Waals surface area contributed by atoms with Gasteiger partial charge >= 0.3 is 6.03 Å². The van der Waals surface area contributed by atoms with Gasteiger partial charge in [-0.1, -0.05) is 0 Å². The Labute approximate surface area is 137 Å². The molecule has 1 aromatic heterocycles. The minimum atomic E-state index is -0.0976. The van der Waals surface area contributed by atoms with Gasteiger partial charge in [0, 0.05) is 46.5 Å². The Hall–Kier alpha value is -2.05. The summed E-state index contributed by atoms with van der Waals surface area (Å²) in [6.45, 7) is 4.69. The Balaban J connectivity index is 1.71. The summed E-state index contributed by atoms with van der Waals surface area (Å²) in [6.07, 6.45) is 6.40. The fourth-order valence-corrected chi connectivity index (χ4v) is 2.83. The number of nitrogens with one attached hydrogen (secondary N) is 1. The molecule has 1 aliphatic heterocycles. The molecule has 7 heteroatoms. The number of aryl methyl sites for hydroxylation is 2. The first-order valence-electron chi connectivity index (χ1n) is 8.20. The van der Waals surface area contributed by atoms with E-state index >= 15 is 0 Å². The number of hydrogen-bond acceptors (Lipinski definition) is 3. The Bertz CT molecular complexity index is 540.